The first-order chi connectivity index (χ1) is 21.1. The van der Waals surface area contributed by atoms with Crippen molar-refractivity contribution in [2.24, 2.45) is 5.92 Å². The van der Waals surface area contributed by atoms with Crippen molar-refractivity contribution in [1.29, 1.82) is 0 Å². The SMILES string of the molecule is COc1ccc(NC(=O)N2C(c3ccc(C)cc3)C(C(=O)c3ccccc3)C(c3ccc([N+](=O)[O-])cc3)C2(C)C(=O)O)cc1. The molecule has 0 aromatic heterocycles. The number of aryl methyl sites for hydroxylation is 1. The second kappa shape index (κ2) is 12.0. The number of methoxy groups -OCH3 is 1. The number of carbonyl (C=O) groups excluding carboxylic acids is 2. The number of amides is 2. The number of nitrogens with zero attached hydrogens (tertiary/aromatic N) is 2. The van der Waals surface area contributed by atoms with Crippen LogP contribution in [0.1, 0.15) is 45.9 Å². The van der Waals surface area contributed by atoms with Gasteiger partial charge in [0, 0.05) is 29.3 Å². The third-order valence-electron chi connectivity index (χ3n) is 8.32. The molecule has 0 radical (unpaired) electrons. The predicted octanol–water partition coefficient (Wildman–Crippen LogP) is 6.63. The van der Waals surface area contributed by atoms with Crippen LogP contribution < -0.4 is 10.1 Å². The lowest BCUT2D eigenvalue weighted by Crippen LogP contribution is -2.55. The van der Waals surface area contributed by atoms with Crippen LogP contribution in [0.2, 0.25) is 0 Å². The Balaban J connectivity index is 1.75. The lowest BCUT2D eigenvalue weighted by atomic mass is 9.71. The Kier molecular flexibility index (Phi) is 8.17. The van der Waals surface area contributed by atoms with Crippen molar-refractivity contribution in [1.82, 2.24) is 4.90 Å². The van der Waals surface area contributed by atoms with E-state index in [0.29, 0.717) is 28.1 Å². The van der Waals surface area contributed by atoms with Crippen LogP contribution in [0, 0.1) is 23.0 Å². The van der Waals surface area contributed by atoms with E-state index in [9.17, 15) is 29.6 Å². The number of anilines is 1. The molecule has 10 heteroatoms. The van der Waals surface area contributed by atoms with Gasteiger partial charge < -0.3 is 15.2 Å². The van der Waals surface area contributed by atoms with Crippen LogP contribution in [0.15, 0.2) is 103 Å². The van der Waals surface area contributed by atoms with Gasteiger partial charge in [0.1, 0.15) is 11.3 Å². The molecule has 0 aliphatic carbocycles. The Morgan fingerprint density at radius 1 is 0.886 bits per heavy atom. The van der Waals surface area contributed by atoms with Crippen LogP contribution in [0.3, 0.4) is 0 Å². The van der Waals surface area contributed by atoms with E-state index in [0.717, 1.165) is 5.56 Å². The lowest BCUT2D eigenvalue weighted by Gasteiger charge is -2.37. The average molecular weight is 594 g/mol. The second-order valence-corrected chi connectivity index (χ2v) is 10.9. The molecule has 44 heavy (non-hydrogen) atoms. The molecule has 0 spiro atoms. The van der Waals surface area contributed by atoms with E-state index >= 15 is 0 Å². The topological polar surface area (TPSA) is 139 Å². The number of nitro groups is 1. The molecule has 1 aliphatic heterocycles. The molecule has 1 saturated heterocycles. The fourth-order valence-electron chi connectivity index (χ4n) is 6.11. The number of benzene rings is 4. The Hall–Kier alpha value is -5.51. The molecule has 1 heterocycles. The third-order valence-corrected chi connectivity index (χ3v) is 8.32. The van der Waals surface area contributed by atoms with Gasteiger partial charge in [-0.3, -0.25) is 19.8 Å². The van der Waals surface area contributed by atoms with Gasteiger partial charge in [0.2, 0.25) is 0 Å². The standard InChI is InChI=1S/C34H31N3O7/c1-21-9-11-23(12-10-21)30-28(31(38)24-7-5-4-6-8-24)29(22-13-17-26(18-14-22)37(42)43)34(2,32(39)40)36(30)33(41)35-25-15-19-27(44-3)20-16-25/h4-20,28-30H,1-3H3,(H,35,41)(H,39,40). The summed E-state index contributed by atoms with van der Waals surface area (Å²) in [7, 11) is 1.52. The van der Waals surface area contributed by atoms with Crippen molar-refractivity contribution >= 4 is 29.2 Å². The minimum Gasteiger partial charge on any atom is -0.497 e. The van der Waals surface area contributed by atoms with Crippen molar-refractivity contribution in [2.45, 2.75) is 31.3 Å². The zero-order valence-electron chi connectivity index (χ0n) is 24.3. The fraction of sp³-hybridized carbons (Fsp3) is 0.206. The monoisotopic (exact) mass is 593 g/mol. The van der Waals surface area contributed by atoms with E-state index in [-0.39, 0.29) is 11.5 Å². The first kappa shape index (κ1) is 30.0. The quantitative estimate of drug-likeness (QED) is 0.133. The molecule has 224 valence electrons. The number of carbonyl (C=O) groups is 3. The van der Waals surface area contributed by atoms with Gasteiger partial charge in [-0.2, -0.15) is 0 Å². The summed E-state index contributed by atoms with van der Waals surface area (Å²) in [6, 6.07) is 26.1. The number of carboxylic acids is 1. The molecule has 0 saturated carbocycles. The van der Waals surface area contributed by atoms with Gasteiger partial charge in [0.05, 0.1) is 24.0 Å². The molecule has 4 unspecified atom stereocenters. The van der Waals surface area contributed by atoms with Crippen LogP contribution in [-0.4, -0.2) is 45.4 Å². The van der Waals surface area contributed by atoms with Gasteiger partial charge in [-0.1, -0.05) is 72.3 Å². The average Bonchev–Trinajstić information content (AvgIpc) is 3.32. The van der Waals surface area contributed by atoms with E-state index in [1.807, 2.05) is 19.1 Å². The first-order valence-electron chi connectivity index (χ1n) is 13.9. The molecule has 2 amide bonds. The molecular weight excluding hydrogens is 562 g/mol. The molecule has 1 fully saturated rings. The Bertz CT molecular complexity index is 1690. The minimum atomic E-state index is -1.96. The van der Waals surface area contributed by atoms with Crippen LogP contribution in [0.25, 0.3) is 0 Å². The maximum absolute atomic E-state index is 14.5. The summed E-state index contributed by atoms with van der Waals surface area (Å²) in [6.07, 6.45) is 0. The predicted molar refractivity (Wildman–Crippen MR) is 164 cm³/mol. The highest BCUT2D eigenvalue weighted by molar-refractivity contribution is 6.03. The highest BCUT2D eigenvalue weighted by Crippen LogP contribution is 2.56. The van der Waals surface area contributed by atoms with Crippen LogP contribution in [0.5, 0.6) is 5.75 Å². The van der Waals surface area contributed by atoms with Gasteiger partial charge in [-0.05, 0) is 49.2 Å². The number of carboxylic acid groups (broad SMARTS) is 1. The van der Waals surface area contributed by atoms with E-state index in [2.05, 4.69) is 5.32 Å². The van der Waals surface area contributed by atoms with E-state index in [4.69, 9.17) is 4.74 Å². The van der Waals surface area contributed by atoms with Gasteiger partial charge >= 0.3 is 12.0 Å². The molecular formula is C34H31N3O7. The molecule has 4 aromatic carbocycles. The number of nitro benzene ring substituents is 1. The Labute approximate surface area is 254 Å². The van der Waals surface area contributed by atoms with Crippen molar-refractivity contribution in [3.8, 4) is 5.75 Å². The number of rotatable bonds is 8. The maximum atomic E-state index is 14.5. The molecule has 4 atom stereocenters. The summed E-state index contributed by atoms with van der Waals surface area (Å²) < 4.78 is 5.21. The molecule has 10 nitrogen and oxygen atoms in total. The molecule has 4 aromatic rings. The van der Waals surface area contributed by atoms with Gasteiger partial charge in [0.15, 0.2) is 5.78 Å². The number of nitrogens with one attached hydrogen (secondary N) is 1. The van der Waals surface area contributed by atoms with Crippen molar-refractivity contribution in [3.05, 3.63) is 135 Å². The molecule has 2 N–H and O–H groups in total. The molecule has 1 aliphatic rings. The summed E-state index contributed by atoms with van der Waals surface area (Å²) in [6.45, 7) is 3.33. The van der Waals surface area contributed by atoms with Gasteiger partial charge in [0.25, 0.3) is 5.69 Å². The number of urea groups is 1. The number of ether oxygens (including phenoxy) is 1. The molecule has 0 bridgehead atoms. The minimum absolute atomic E-state index is 0.182. The maximum Gasteiger partial charge on any atom is 0.330 e. The van der Waals surface area contributed by atoms with Crippen molar-refractivity contribution in [2.75, 3.05) is 12.4 Å². The summed E-state index contributed by atoms with van der Waals surface area (Å²) in [5.41, 5.74) is 0.511. The van der Waals surface area contributed by atoms with Crippen LogP contribution in [0.4, 0.5) is 16.2 Å². The summed E-state index contributed by atoms with van der Waals surface area (Å²) in [5.74, 6) is -3.26. The van der Waals surface area contributed by atoms with E-state index in [1.54, 1.807) is 66.7 Å². The van der Waals surface area contributed by atoms with Gasteiger partial charge in [-0.25, -0.2) is 9.59 Å². The van der Waals surface area contributed by atoms with E-state index in [1.165, 1.54) is 43.2 Å². The number of hydrogen-bond donors (Lipinski definition) is 2. The molecule has 5 rings (SSSR count). The number of hydrogen-bond acceptors (Lipinski definition) is 6. The Morgan fingerprint density at radius 3 is 2.02 bits per heavy atom. The number of aliphatic carboxylic acids is 1. The zero-order valence-corrected chi connectivity index (χ0v) is 24.3. The third kappa shape index (κ3) is 5.37. The number of likely N-dealkylation sites (tertiary alicyclic amines) is 1. The first-order valence-corrected chi connectivity index (χ1v) is 13.9. The smallest absolute Gasteiger partial charge is 0.330 e. The Morgan fingerprint density at radius 2 is 1.48 bits per heavy atom. The zero-order chi connectivity index (χ0) is 31.6. The normalized spacial score (nSPS) is 21.0. The number of ketones is 1. The largest absolute Gasteiger partial charge is 0.497 e. The van der Waals surface area contributed by atoms with Crippen LogP contribution in [-0.2, 0) is 4.79 Å². The second-order valence-electron chi connectivity index (χ2n) is 10.9. The van der Waals surface area contributed by atoms with E-state index < -0.39 is 40.3 Å². The summed E-state index contributed by atoms with van der Waals surface area (Å²) >= 11 is 0. The summed E-state index contributed by atoms with van der Waals surface area (Å²) in [4.78, 5) is 54.3. The van der Waals surface area contributed by atoms with Crippen molar-refractivity contribution < 1.29 is 29.2 Å². The highest BCUT2D eigenvalue weighted by atomic mass is 16.6. The number of Topliss-reactive ketones (excluding diaryl/α,β-unsaturated/α-hetero) is 1. The van der Waals surface area contributed by atoms with Crippen LogP contribution >= 0.6 is 0 Å². The van der Waals surface area contributed by atoms with Gasteiger partial charge in [-0.15, -0.1) is 0 Å². The van der Waals surface area contributed by atoms with Crippen molar-refractivity contribution in [3.63, 3.8) is 0 Å². The highest BCUT2D eigenvalue weighted by Gasteiger charge is 2.65. The lowest BCUT2D eigenvalue weighted by molar-refractivity contribution is -0.384. The number of non-ortho nitro benzene ring substituents is 1. The fourth-order valence-corrected chi connectivity index (χ4v) is 6.11. The summed E-state index contributed by atoms with van der Waals surface area (Å²) in [5, 5.41) is 25.2.